The molecule has 1 aromatic heterocycles. The fourth-order valence-electron chi connectivity index (χ4n) is 1.79. The summed E-state index contributed by atoms with van der Waals surface area (Å²) < 4.78 is 40.8. The molecule has 0 fully saturated rings. The van der Waals surface area contributed by atoms with Crippen LogP contribution in [0.2, 0.25) is 0 Å². The normalized spacial score (nSPS) is 11.8. The van der Waals surface area contributed by atoms with Gasteiger partial charge in [0.15, 0.2) is 0 Å². The van der Waals surface area contributed by atoms with Crippen molar-refractivity contribution in [2.45, 2.75) is 19.6 Å². The molecule has 0 aliphatic rings. The topological polar surface area (TPSA) is 43.8 Å². The van der Waals surface area contributed by atoms with E-state index in [1.165, 1.54) is 16.8 Å². The summed E-state index contributed by atoms with van der Waals surface area (Å²) in [5, 5.41) is 4.15. The van der Waals surface area contributed by atoms with Gasteiger partial charge in [-0.15, -0.1) is 0 Å². The molecular formula is C12H11F3IN3. The minimum absolute atomic E-state index is 0.00532. The molecule has 0 unspecified atom stereocenters. The number of nitrogen functional groups attached to an aromatic ring is 1. The van der Waals surface area contributed by atoms with Gasteiger partial charge in [0, 0.05) is 0 Å². The summed E-state index contributed by atoms with van der Waals surface area (Å²) in [6.07, 6.45) is -4.37. The van der Waals surface area contributed by atoms with Crippen LogP contribution in [0.4, 0.5) is 19.0 Å². The Balaban J connectivity index is 2.42. The van der Waals surface area contributed by atoms with Crippen molar-refractivity contribution in [2.24, 2.45) is 0 Å². The van der Waals surface area contributed by atoms with Crippen LogP contribution in [0.1, 0.15) is 16.8 Å². The molecule has 0 atom stereocenters. The van der Waals surface area contributed by atoms with Crippen molar-refractivity contribution >= 4 is 28.4 Å². The predicted molar refractivity (Wildman–Crippen MR) is 74.6 cm³/mol. The average Bonchev–Trinajstić information content (AvgIpc) is 2.56. The van der Waals surface area contributed by atoms with Crippen LogP contribution in [-0.2, 0) is 12.7 Å². The first-order valence-electron chi connectivity index (χ1n) is 5.44. The summed E-state index contributed by atoms with van der Waals surface area (Å²) in [6, 6.07) is 5.44. The molecule has 0 saturated carbocycles. The third-order valence-corrected chi connectivity index (χ3v) is 4.07. The van der Waals surface area contributed by atoms with E-state index in [0.29, 0.717) is 11.5 Å². The van der Waals surface area contributed by atoms with Gasteiger partial charge in [-0.05, 0) is 41.1 Å². The number of halogens is 4. The molecule has 1 aromatic carbocycles. The zero-order valence-electron chi connectivity index (χ0n) is 10.0. The number of benzene rings is 1. The minimum Gasteiger partial charge on any atom is -0.383 e. The van der Waals surface area contributed by atoms with Crippen LogP contribution in [0.3, 0.4) is 0 Å². The number of aryl methyl sites for hydroxylation is 1. The first-order valence-corrected chi connectivity index (χ1v) is 6.52. The molecule has 3 nitrogen and oxygen atoms in total. The molecule has 19 heavy (non-hydrogen) atoms. The molecule has 102 valence electrons. The van der Waals surface area contributed by atoms with Gasteiger partial charge in [0.05, 0.1) is 21.4 Å². The van der Waals surface area contributed by atoms with E-state index in [2.05, 4.69) is 5.10 Å². The van der Waals surface area contributed by atoms with Crippen LogP contribution >= 0.6 is 22.6 Å². The average molecular weight is 381 g/mol. The van der Waals surface area contributed by atoms with Gasteiger partial charge < -0.3 is 5.73 Å². The zero-order valence-corrected chi connectivity index (χ0v) is 12.2. The van der Waals surface area contributed by atoms with E-state index in [-0.39, 0.29) is 12.1 Å². The molecule has 0 aliphatic carbocycles. The van der Waals surface area contributed by atoms with Crippen LogP contribution in [-0.4, -0.2) is 9.78 Å². The quantitative estimate of drug-likeness (QED) is 0.811. The summed E-state index contributed by atoms with van der Waals surface area (Å²) in [5.41, 5.74) is 6.03. The van der Waals surface area contributed by atoms with Gasteiger partial charge in [-0.2, -0.15) is 18.3 Å². The summed E-state index contributed by atoms with van der Waals surface area (Å²) in [7, 11) is 0. The number of hydrogen-bond acceptors (Lipinski definition) is 2. The zero-order chi connectivity index (χ0) is 14.2. The highest BCUT2D eigenvalue weighted by Gasteiger charge is 2.33. The minimum atomic E-state index is -4.37. The standard InChI is InChI=1S/C12H11F3IN3/c1-7-10(16)11(17)19(18-7)6-8-4-2-3-5-9(8)12(13,14)15/h2-5H,6,17H2,1H3. The lowest BCUT2D eigenvalue weighted by molar-refractivity contribution is -0.138. The molecule has 0 saturated heterocycles. The second kappa shape index (κ2) is 5.03. The highest BCUT2D eigenvalue weighted by Crippen LogP contribution is 2.32. The summed E-state index contributed by atoms with van der Waals surface area (Å²) >= 11 is 2.03. The SMILES string of the molecule is Cc1nn(Cc2ccccc2C(F)(F)F)c(N)c1I. The van der Waals surface area contributed by atoms with Gasteiger partial charge in [-0.3, -0.25) is 0 Å². The Labute approximate surface area is 121 Å². The molecule has 2 N–H and O–H groups in total. The van der Waals surface area contributed by atoms with E-state index >= 15 is 0 Å². The lowest BCUT2D eigenvalue weighted by Gasteiger charge is -2.13. The lowest BCUT2D eigenvalue weighted by Crippen LogP contribution is -2.13. The van der Waals surface area contributed by atoms with Gasteiger partial charge >= 0.3 is 6.18 Å². The Kier molecular flexibility index (Phi) is 3.75. The second-order valence-electron chi connectivity index (χ2n) is 4.10. The Hall–Kier alpha value is -1.25. The first-order chi connectivity index (χ1) is 8.80. The highest BCUT2D eigenvalue weighted by atomic mass is 127. The Morgan fingerprint density at radius 1 is 1.32 bits per heavy atom. The van der Waals surface area contributed by atoms with Gasteiger partial charge in [0.2, 0.25) is 0 Å². The maximum Gasteiger partial charge on any atom is 0.416 e. The van der Waals surface area contributed by atoms with Crippen molar-refractivity contribution in [3.63, 3.8) is 0 Å². The van der Waals surface area contributed by atoms with Crippen molar-refractivity contribution in [3.05, 3.63) is 44.7 Å². The Morgan fingerprint density at radius 2 is 1.95 bits per heavy atom. The largest absolute Gasteiger partial charge is 0.416 e. The third kappa shape index (κ3) is 2.85. The van der Waals surface area contributed by atoms with Gasteiger partial charge in [0.1, 0.15) is 5.82 Å². The first kappa shape index (κ1) is 14.2. The van der Waals surface area contributed by atoms with E-state index in [9.17, 15) is 13.2 Å². The molecule has 0 amide bonds. The van der Waals surface area contributed by atoms with Crippen molar-refractivity contribution in [1.29, 1.82) is 0 Å². The number of aromatic nitrogens is 2. The van der Waals surface area contributed by atoms with Crippen molar-refractivity contribution in [2.75, 3.05) is 5.73 Å². The molecule has 1 heterocycles. The van der Waals surface area contributed by atoms with E-state index in [1.54, 1.807) is 13.0 Å². The second-order valence-corrected chi connectivity index (χ2v) is 5.18. The van der Waals surface area contributed by atoms with Gasteiger partial charge in [-0.1, -0.05) is 18.2 Å². The van der Waals surface area contributed by atoms with Crippen LogP contribution in [0.25, 0.3) is 0 Å². The number of alkyl halides is 3. The molecule has 0 spiro atoms. The summed E-state index contributed by atoms with van der Waals surface area (Å²) in [6.45, 7) is 1.77. The third-order valence-electron chi connectivity index (χ3n) is 2.73. The van der Waals surface area contributed by atoms with E-state index in [0.717, 1.165) is 9.64 Å². The smallest absolute Gasteiger partial charge is 0.383 e. The van der Waals surface area contributed by atoms with Crippen LogP contribution in [0.15, 0.2) is 24.3 Å². The molecule has 2 aromatic rings. The number of anilines is 1. The number of nitrogens with two attached hydrogens (primary N) is 1. The number of hydrogen-bond donors (Lipinski definition) is 1. The molecule has 7 heteroatoms. The van der Waals surface area contributed by atoms with Crippen LogP contribution < -0.4 is 5.73 Å². The van der Waals surface area contributed by atoms with Crippen molar-refractivity contribution < 1.29 is 13.2 Å². The van der Waals surface area contributed by atoms with E-state index in [1.807, 2.05) is 22.6 Å². The van der Waals surface area contributed by atoms with Crippen LogP contribution in [0, 0.1) is 10.5 Å². The molecule has 0 radical (unpaired) electrons. The van der Waals surface area contributed by atoms with Gasteiger partial charge in [-0.25, -0.2) is 4.68 Å². The maximum absolute atomic E-state index is 12.9. The fraction of sp³-hybridized carbons (Fsp3) is 0.250. The lowest BCUT2D eigenvalue weighted by atomic mass is 10.1. The molecule has 0 bridgehead atoms. The molecular weight excluding hydrogens is 370 g/mol. The number of rotatable bonds is 2. The van der Waals surface area contributed by atoms with E-state index in [4.69, 9.17) is 5.73 Å². The van der Waals surface area contributed by atoms with Crippen LogP contribution in [0.5, 0.6) is 0 Å². The number of nitrogens with zero attached hydrogens (tertiary/aromatic N) is 2. The van der Waals surface area contributed by atoms with E-state index < -0.39 is 11.7 Å². The van der Waals surface area contributed by atoms with Crippen molar-refractivity contribution in [1.82, 2.24) is 9.78 Å². The maximum atomic E-state index is 12.9. The predicted octanol–water partition coefficient (Wildman–Crippen LogP) is 3.45. The Morgan fingerprint density at radius 3 is 2.47 bits per heavy atom. The molecule has 0 aliphatic heterocycles. The highest BCUT2D eigenvalue weighted by molar-refractivity contribution is 14.1. The van der Waals surface area contributed by atoms with Gasteiger partial charge in [0.25, 0.3) is 0 Å². The fourth-order valence-corrected chi connectivity index (χ4v) is 2.18. The summed E-state index contributed by atoms with van der Waals surface area (Å²) in [4.78, 5) is 0. The summed E-state index contributed by atoms with van der Waals surface area (Å²) in [5.74, 6) is 0.384. The Bertz CT molecular complexity index is 605. The van der Waals surface area contributed by atoms with Crippen molar-refractivity contribution in [3.8, 4) is 0 Å². The molecule has 2 rings (SSSR count). The monoisotopic (exact) mass is 381 g/mol.